The van der Waals surface area contributed by atoms with Crippen LogP contribution in [0.3, 0.4) is 0 Å². The Hall–Kier alpha value is -2.33. The molecule has 0 aliphatic carbocycles. The van der Waals surface area contributed by atoms with Crippen molar-refractivity contribution in [3.05, 3.63) is 54.6 Å². The quantitative estimate of drug-likeness (QED) is 0.939. The molecule has 4 nitrogen and oxygen atoms in total. The van der Waals surface area contributed by atoms with Gasteiger partial charge in [0.2, 0.25) is 5.91 Å². The highest BCUT2D eigenvalue weighted by Gasteiger charge is 2.47. The van der Waals surface area contributed by atoms with Gasteiger partial charge >= 0.3 is 0 Å². The largest absolute Gasteiger partial charge is 0.457 e. The number of anilines is 1. The lowest BCUT2D eigenvalue weighted by molar-refractivity contribution is -0.126. The minimum Gasteiger partial charge on any atom is -0.457 e. The first-order valence-electron chi connectivity index (χ1n) is 8.63. The lowest BCUT2D eigenvalue weighted by Crippen LogP contribution is -2.45. The van der Waals surface area contributed by atoms with E-state index in [0.717, 1.165) is 56.1 Å². The van der Waals surface area contributed by atoms with Crippen LogP contribution in [0.25, 0.3) is 0 Å². The van der Waals surface area contributed by atoms with Crippen LogP contribution in [0.5, 0.6) is 11.5 Å². The molecule has 0 aromatic heterocycles. The van der Waals surface area contributed by atoms with Crippen molar-refractivity contribution < 1.29 is 9.53 Å². The predicted molar refractivity (Wildman–Crippen MR) is 94.5 cm³/mol. The van der Waals surface area contributed by atoms with Crippen LogP contribution in [0.1, 0.15) is 19.3 Å². The summed E-state index contributed by atoms with van der Waals surface area (Å²) in [6, 6.07) is 17.5. The highest BCUT2D eigenvalue weighted by Crippen LogP contribution is 2.40. The summed E-state index contributed by atoms with van der Waals surface area (Å²) in [7, 11) is 0. The van der Waals surface area contributed by atoms with Gasteiger partial charge in [-0.25, -0.2) is 0 Å². The Morgan fingerprint density at radius 2 is 1.71 bits per heavy atom. The maximum Gasteiger partial charge on any atom is 0.234 e. The Balaban J connectivity index is 1.48. The van der Waals surface area contributed by atoms with Crippen LogP contribution in [0.2, 0.25) is 0 Å². The molecule has 1 N–H and O–H groups in total. The number of hydrogen-bond acceptors (Lipinski definition) is 3. The Kier molecular flexibility index (Phi) is 3.98. The van der Waals surface area contributed by atoms with Crippen molar-refractivity contribution >= 4 is 11.6 Å². The summed E-state index contributed by atoms with van der Waals surface area (Å²) in [4.78, 5) is 14.8. The number of piperidine rings is 1. The molecule has 0 bridgehead atoms. The number of para-hydroxylation sites is 1. The van der Waals surface area contributed by atoms with Crippen molar-refractivity contribution in [1.82, 2.24) is 5.32 Å². The molecule has 0 saturated carbocycles. The zero-order valence-corrected chi connectivity index (χ0v) is 13.7. The van der Waals surface area contributed by atoms with Crippen molar-refractivity contribution in [3.63, 3.8) is 0 Å². The number of nitrogens with zero attached hydrogens (tertiary/aromatic N) is 1. The lowest BCUT2D eigenvalue weighted by Gasteiger charge is -2.32. The monoisotopic (exact) mass is 322 g/mol. The first-order valence-corrected chi connectivity index (χ1v) is 8.63. The fourth-order valence-corrected chi connectivity index (χ4v) is 3.75. The number of hydrogen-bond donors (Lipinski definition) is 1. The van der Waals surface area contributed by atoms with Gasteiger partial charge in [-0.1, -0.05) is 18.2 Å². The van der Waals surface area contributed by atoms with Crippen LogP contribution < -0.4 is 15.0 Å². The van der Waals surface area contributed by atoms with E-state index in [1.807, 2.05) is 59.5 Å². The standard InChI is InChI=1S/C20H22N2O2/c23-19-20(11-4-13-21-15-20)12-14-22(19)16-7-9-18(10-8-16)24-17-5-2-1-3-6-17/h1-3,5-10,21H,4,11-15H2/t20-/m1/s1. The smallest absolute Gasteiger partial charge is 0.234 e. The van der Waals surface area contributed by atoms with Gasteiger partial charge in [-0.2, -0.15) is 0 Å². The molecule has 1 amide bonds. The lowest BCUT2D eigenvalue weighted by atomic mass is 9.79. The van der Waals surface area contributed by atoms with Crippen LogP contribution in [-0.2, 0) is 4.79 Å². The average molecular weight is 322 g/mol. The molecule has 2 aromatic carbocycles. The van der Waals surface area contributed by atoms with Gasteiger partial charge in [0.25, 0.3) is 0 Å². The van der Waals surface area contributed by atoms with Crippen molar-refractivity contribution in [3.8, 4) is 11.5 Å². The van der Waals surface area contributed by atoms with Gasteiger partial charge in [-0.3, -0.25) is 4.79 Å². The van der Waals surface area contributed by atoms with E-state index in [9.17, 15) is 4.79 Å². The number of ether oxygens (including phenoxy) is 1. The number of rotatable bonds is 3. The van der Waals surface area contributed by atoms with E-state index in [2.05, 4.69) is 5.32 Å². The number of amides is 1. The average Bonchev–Trinajstić information content (AvgIpc) is 2.94. The molecule has 0 unspecified atom stereocenters. The maximum absolute atomic E-state index is 12.9. The highest BCUT2D eigenvalue weighted by atomic mass is 16.5. The molecule has 4 heteroatoms. The molecule has 2 aliphatic heterocycles. The van der Waals surface area contributed by atoms with Gasteiger partial charge in [0.1, 0.15) is 11.5 Å². The second-order valence-electron chi connectivity index (χ2n) is 6.68. The molecule has 2 heterocycles. The molecule has 4 rings (SSSR count). The summed E-state index contributed by atoms with van der Waals surface area (Å²) in [5.74, 6) is 1.87. The van der Waals surface area contributed by atoms with Gasteiger partial charge in [-0.05, 0) is 62.2 Å². The van der Waals surface area contributed by atoms with E-state index in [1.54, 1.807) is 0 Å². The third-order valence-corrected chi connectivity index (χ3v) is 5.11. The molecular formula is C20H22N2O2. The zero-order valence-electron chi connectivity index (χ0n) is 13.7. The molecule has 124 valence electrons. The SMILES string of the molecule is O=C1N(c2ccc(Oc3ccccc3)cc2)CC[C@@]12CCCNC2. The molecule has 2 fully saturated rings. The maximum atomic E-state index is 12.9. The Morgan fingerprint density at radius 3 is 2.42 bits per heavy atom. The number of carbonyl (C=O) groups excluding carboxylic acids is 1. The normalized spacial score (nSPS) is 23.7. The number of carbonyl (C=O) groups is 1. The third-order valence-electron chi connectivity index (χ3n) is 5.11. The molecular weight excluding hydrogens is 300 g/mol. The number of benzene rings is 2. The van der Waals surface area contributed by atoms with Gasteiger partial charge < -0.3 is 15.0 Å². The summed E-state index contributed by atoms with van der Waals surface area (Å²) < 4.78 is 5.82. The first kappa shape index (κ1) is 15.2. The minimum atomic E-state index is -0.183. The Bertz CT molecular complexity index is 706. The summed E-state index contributed by atoms with van der Waals surface area (Å²) in [5.41, 5.74) is 0.778. The van der Waals surface area contributed by atoms with Crippen molar-refractivity contribution in [2.45, 2.75) is 19.3 Å². The third kappa shape index (κ3) is 2.78. The minimum absolute atomic E-state index is 0.183. The predicted octanol–water partition coefficient (Wildman–Crippen LogP) is 3.59. The second kappa shape index (κ2) is 6.29. The van der Waals surface area contributed by atoms with Gasteiger partial charge in [0.15, 0.2) is 0 Å². The van der Waals surface area contributed by atoms with Crippen LogP contribution in [-0.4, -0.2) is 25.5 Å². The van der Waals surface area contributed by atoms with Gasteiger partial charge in [0, 0.05) is 18.8 Å². The summed E-state index contributed by atoms with van der Waals surface area (Å²) in [6.45, 7) is 2.65. The summed E-state index contributed by atoms with van der Waals surface area (Å²) >= 11 is 0. The molecule has 2 aliphatic rings. The Labute approximate surface area is 142 Å². The van der Waals surface area contributed by atoms with Crippen molar-refractivity contribution in [2.24, 2.45) is 5.41 Å². The van der Waals surface area contributed by atoms with Crippen LogP contribution in [0.15, 0.2) is 54.6 Å². The summed E-state index contributed by atoms with van der Waals surface area (Å²) in [6.07, 6.45) is 3.04. The highest BCUT2D eigenvalue weighted by molar-refractivity contribution is 6.00. The molecule has 2 saturated heterocycles. The van der Waals surface area contributed by atoms with Crippen molar-refractivity contribution in [1.29, 1.82) is 0 Å². The van der Waals surface area contributed by atoms with E-state index in [4.69, 9.17) is 4.74 Å². The molecule has 24 heavy (non-hydrogen) atoms. The van der Waals surface area contributed by atoms with E-state index in [-0.39, 0.29) is 11.3 Å². The molecule has 2 aromatic rings. The van der Waals surface area contributed by atoms with E-state index >= 15 is 0 Å². The van der Waals surface area contributed by atoms with E-state index in [0.29, 0.717) is 0 Å². The first-order chi connectivity index (χ1) is 11.8. The second-order valence-corrected chi connectivity index (χ2v) is 6.68. The number of nitrogens with one attached hydrogen (secondary N) is 1. The molecule has 0 radical (unpaired) electrons. The van der Waals surface area contributed by atoms with Gasteiger partial charge in [0.05, 0.1) is 5.41 Å². The zero-order chi connectivity index (χ0) is 16.4. The van der Waals surface area contributed by atoms with E-state index in [1.165, 1.54) is 0 Å². The van der Waals surface area contributed by atoms with Crippen LogP contribution in [0, 0.1) is 5.41 Å². The fourth-order valence-electron chi connectivity index (χ4n) is 3.75. The molecule has 1 atom stereocenters. The van der Waals surface area contributed by atoms with E-state index < -0.39 is 0 Å². The topological polar surface area (TPSA) is 41.6 Å². The van der Waals surface area contributed by atoms with Crippen LogP contribution >= 0.6 is 0 Å². The van der Waals surface area contributed by atoms with Crippen molar-refractivity contribution in [2.75, 3.05) is 24.5 Å². The van der Waals surface area contributed by atoms with Crippen LogP contribution in [0.4, 0.5) is 5.69 Å². The molecule has 1 spiro atoms. The summed E-state index contributed by atoms with van der Waals surface area (Å²) in [5, 5.41) is 3.39. The van der Waals surface area contributed by atoms with Gasteiger partial charge in [-0.15, -0.1) is 0 Å². The Morgan fingerprint density at radius 1 is 0.958 bits per heavy atom. The fraction of sp³-hybridized carbons (Fsp3) is 0.350.